The summed E-state index contributed by atoms with van der Waals surface area (Å²) in [4.78, 5) is 2.79. The van der Waals surface area contributed by atoms with Gasteiger partial charge in [0.15, 0.2) is 0 Å². The summed E-state index contributed by atoms with van der Waals surface area (Å²) in [6, 6.07) is 1.63. The van der Waals surface area contributed by atoms with E-state index >= 15 is 0 Å². The molecule has 2 fully saturated rings. The van der Waals surface area contributed by atoms with Crippen LogP contribution in [0.4, 0.5) is 0 Å². The first-order chi connectivity index (χ1) is 9.83. The molecular weight excluding hydrogens is 244 g/mol. The van der Waals surface area contributed by atoms with Crippen LogP contribution in [-0.2, 0) is 0 Å². The quantitative estimate of drug-likeness (QED) is 0.734. The van der Waals surface area contributed by atoms with Crippen LogP contribution in [0.15, 0.2) is 0 Å². The van der Waals surface area contributed by atoms with Gasteiger partial charge in [-0.3, -0.25) is 4.90 Å². The zero-order chi connectivity index (χ0) is 14.2. The molecule has 0 aromatic rings. The Bertz CT molecular complexity index is 248. The van der Waals surface area contributed by atoms with Crippen LogP contribution >= 0.6 is 0 Å². The topological polar surface area (TPSA) is 15.3 Å². The van der Waals surface area contributed by atoms with E-state index in [9.17, 15) is 0 Å². The van der Waals surface area contributed by atoms with Crippen molar-refractivity contribution in [2.24, 2.45) is 5.92 Å². The van der Waals surface area contributed by atoms with Crippen LogP contribution in [0, 0.1) is 5.92 Å². The van der Waals surface area contributed by atoms with Gasteiger partial charge in [0, 0.05) is 18.6 Å². The van der Waals surface area contributed by atoms with Crippen molar-refractivity contribution in [3.8, 4) is 0 Å². The third kappa shape index (κ3) is 5.04. The molecule has 1 heterocycles. The van der Waals surface area contributed by atoms with Crippen molar-refractivity contribution in [3.05, 3.63) is 0 Å². The Labute approximate surface area is 126 Å². The molecule has 0 spiro atoms. The number of nitrogens with one attached hydrogen (secondary N) is 1. The second-order valence-corrected chi connectivity index (χ2v) is 7.05. The van der Waals surface area contributed by atoms with Crippen LogP contribution in [0.1, 0.15) is 78.1 Å². The summed E-state index contributed by atoms with van der Waals surface area (Å²) >= 11 is 0. The van der Waals surface area contributed by atoms with E-state index in [0.717, 1.165) is 18.0 Å². The predicted octanol–water partition coefficient (Wildman–Crippen LogP) is 4.20. The van der Waals surface area contributed by atoms with E-state index < -0.39 is 0 Å². The van der Waals surface area contributed by atoms with Crippen molar-refractivity contribution >= 4 is 0 Å². The van der Waals surface area contributed by atoms with E-state index in [1.165, 1.54) is 83.8 Å². The van der Waals surface area contributed by atoms with Crippen LogP contribution in [-0.4, -0.2) is 36.6 Å². The van der Waals surface area contributed by atoms with Crippen LogP contribution in [0.25, 0.3) is 0 Å². The van der Waals surface area contributed by atoms with Crippen molar-refractivity contribution in [2.45, 2.75) is 90.1 Å². The van der Waals surface area contributed by atoms with Crippen LogP contribution in [0.3, 0.4) is 0 Å². The van der Waals surface area contributed by atoms with Gasteiger partial charge in [0.1, 0.15) is 0 Å². The SMILES string of the molecule is CCCC1CCCC(N(CC)CC2CCCCN2)CC1. The van der Waals surface area contributed by atoms with E-state index in [2.05, 4.69) is 24.1 Å². The smallest absolute Gasteiger partial charge is 0.0195 e. The minimum atomic E-state index is 0.762. The van der Waals surface area contributed by atoms with Gasteiger partial charge in [-0.15, -0.1) is 0 Å². The highest BCUT2D eigenvalue weighted by Crippen LogP contribution is 2.29. The maximum Gasteiger partial charge on any atom is 0.0195 e. The van der Waals surface area contributed by atoms with Crippen molar-refractivity contribution < 1.29 is 0 Å². The summed E-state index contributed by atoms with van der Waals surface area (Å²) in [7, 11) is 0. The first kappa shape index (κ1) is 16.3. The van der Waals surface area contributed by atoms with Crippen molar-refractivity contribution in [3.63, 3.8) is 0 Å². The lowest BCUT2D eigenvalue weighted by Crippen LogP contribution is -2.47. The second-order valence-electron chi connectivity index (χ2n) is 7.05. The van der Waals surface area contributed by atoms with Gasteiger partial charge in [0.25, 0.3) is 0 Å². The van der Waals surface area contributed by atoms with Crippen LogP contribution < -0.4 is 5.32 Å². The molecule has 0 aromatic carbocycles. The van der Waals surface area contributed by atoms with E-state index in [4.69, 9.17) is 0 Å². The molecule has 0 amide bonds. The maximum atomic E-state index is 3.73. The Morgan fingerprint density at radius 3 is 2.55 bits per heavy atom. The van der Waals surface area contributed by atoms with Gasteiger partial charge >= 0.3 is 0 Å². The summed E-state index contributed by atoms with van der Waals surface area (Å²) in [5.41, 5.74) is 0. The Balaban J connectivity index is 1.80. The second kappa shape index (κ2) is 9.04. The molecule has 1 saturated heterocycles. The van der Waals surface area contributed by atoms with Crippen LogP contribution in [0.5, 0.6) is 0 Å². The molecule has 0 radical (unpaired) electrons. The summed E-state index contributed by atoms with van der Waals surface area (Å²) in [6.07, 6.45) is 14.4. The highest BCUT2D eigenvalue weighted by Gasteiger charge is 2.25. The monoisotopic (exact) mass is 280 g/mol. The number of nitrogens with zero attached hydrogens (tertiary/aromatic N) is 1. The predicted molar refractivity (Wildman–Crippen MR) is 88.2 cm³/mol. The number of likely N-dealkylation sites (N-methyl/N-ethyl adjacent to an activating group) is 1. The average molecular weight is 280 g/mol. The molecule has 2 nitrogen and oxygen atoms in total. The molecule has 1 N–H and O–H groups in total. The van der Waals surface area contributed by atoms with Gasteiger partial charge in [-0.1, -0.05) is 46.0 Å². The fourth-order valence-corrected chi connectivity index (χ4v) is 4.32. The molecule has 1 aliphatic heterocycles. The standard InChI is InChI=1S/C18H36N2/c1-3-8-16-9-7-11-18(13-12-16)20(4-2)15-17-10-5-6-14-19-17/h16-19H,3-15H2,1-2H3. The average Bonchev–Trinajstić information content (AvgIpc) is 2.72. The number of rotatable bonds is 6. The normalized spacial score (nSPS) is 32.2. The lowest BCUT2D eigenvalue weighted by molar-refractivity contribution is 0.158. The summed E-state index contributed by atoms with van der Waals surface area (Å²) < 4.78 is 0. The molecule has 1 saturated carbocycles. The first-order valence-corrected chi connectivity index (χ1v) is 9.30. The third-order valence-electron chi connectivity index (χ3n) is 5.54. The minimum absolute atomic E-state index is 0.762. The fourth-order valence-electron chi connectivity index (χ4n) is 4.32. The minimum Gasteiger partial charge on any atom is -0.313 e. The third-order valence-corrected chi connectivity index (χ3v) is 5.54. The molecule has 1 aliphatic carbocycles. The summed E-state index contributed by atoms with van der Waals surface area (Å²) in [5, 5.41) is 3.73. The number of piperidine rings is 1. The molecule has 2 rings (SSSR count). The molecule has 20 heavy (non-hydrogen) atoms. The molecule has 3 unspecified atom stereocenters. The molecule has 0 bridgehead atoms. The molecule has 3 atom stereocenters. The zero-order valence-electron chi connectivity index (χ0n) is 13.9. The number of hydrogen-bond acceptors (Lipinski definition) is 2. The summed E-state index contributed by atoms with van der Waals surface area (Å²) in [6.45, 7) is 8.47. The Kier molecular flexibility index (Phi) is 7.37. The van der Waals surface area contributed by atoms with Gasteiger partial charge in [0.05, 0.1) is 0 Å². The van der Waals surface area contributed by atoms with Gasteiger partial charge in [-0.2, -0.15) is 0 Å². The molecule has 118 valence electrons. The van der Waals surface area contributed by atoms with Crippen LogP contribution in [0.2, 0.25) is 0 Å². The van der Waals surface area contributed by atoms with Gasteiger partial charge < -0.3 is 5.32 Å². The van der Waals surface area contributed by atoms with Gasteiger partial charge in [-0.05, 0) is 51.1 Å². The number of hydrogen-bond donors (Lipinski definition) is 1. The Hall–Kier alpha value is -0.0800. The van der Waals surface area contributed by atoms with Gasteiger partial charge in [-0.25, -0.2) is 0 Å². The highest BCUT2D eigenvalue weighted by molar-refractivity contribution is 4.82. The van der Waals surface area contributed by atoms with Crippen molar-refractivity contribution in [1.82, 2.24) is 10.2 Å². The first-order valence-electron chi connectivity index (χ1n) is 9.30. The Morgan fingerprint density at radius 1 is 0.950 bits per heavy atom. The lowest BCUT2D eigenvalue weighted by atomic mass is 9.95. The van der Waals surface area contributed by atoms with E-state index in [1.807, 2.05) is 0 Å². The highest BCUT2D eigenvalue weighted by atomic mass is 15.2. The van der Waals surface area contributed by atoms with Crippen molar-refractivity contribution in [1.29, 1.82) is 0 Å². The lowest BCUT2D eigenvalue weighted by Gasteiger charge is -2.35. The van der Waals surface area contributed by atoms with E-state index in [0.29, 0.717) is 0 Å². The van der Waals surface area contributed by atoms with E-state index in [-0.39, 0.29) is 0 Å². The van der Waals surface area contributed by atoms with Crippen molar-refractivity contribution in [2.75, 3.05) is 19.6 Å². The maximum absolute atomic E-state index is 3.73. The summed E-state index contributed by atoms with van der Waals surface area (Å²) in [5.74, 6) is 1.02. The largest absolute Gasteiger partial charge is 0.313 e. The molecule has 2 heteroatoms. The fraction of sp³-hybridized carbons (Fsp3) is 1.00. The molecule has 0 aromatic heterocycles. The Morgan fingerprint density at radius 2 is 1.85 bits per heavy atom. The molecule has 2 aliphatic rings. The molecular formula is C18H36N2. The van der Waals surface area contributed by atoms with Gasteiger partial charge in [0.2, 0.25) is 0 Å². The zero-order valence-corrected chi connectivity index (χ0v) is 13.9. The van der Waals surface area contributed by atoms with E-state index in [1.54, 1.807) is 0 Å².